The number of likely N-dealkylation sites (N-methyl/N-ethyl adjacent to an activating group) is 1. The summed E-state index contributed by atoms with van der Waals surface area (Å²) in [6, 6.07) is 0. The normalized spacial score (nSPS) is 10.0. The van der Waals surface area contributed by atoms with E-state index < -0.39 is 0 Å². The Balaban J connectivity index is 2.53. The Labute approximate surface area is 76.3 Å². The Kier molecular flexibility index (Phi) is 3.39. The van der Waals surface area contributed by atoms with E-state index in [2.05, 4.69) is 20.9 Å². The molecule has 1 aromatic rings. The van der Waals surface area contributed by atoms with Gasteiger partial charge < -0.3 is 10.6 Å². The van der Waals surface area contributed by atoms with Crippen LogP contribution < -0.4 is 10.6 Å². The summed E-state index contributed by atoms with van der Waals surface area (Å²) in [4.78, 5) is 10.9. The van der Waals surface area contributed by atoms with Crippen LogP contribution in [0.15, 0.2) is 6.20 Å². The van der Waals surface area contributed by atoms with E-state index >= 15 is 0 Å². The molecule has 1 rings (SSSR count). The average Bonchev–Trinajstić information content (AvgIpc) is 2.53. The quantitative estimate of drug-likeness (QED) is 0.611. The number of aromatic nitrogens is 3. The molecule has 0 unspecified atom stereocenters. The fraction of sp³-hybridized carbons (Fsp3) is 0.571. The Morgan fingerprint density at radius 2 is 2.38 bits per heavy atom. The summed E-state index contributed by atoms with van der Waals surface area (Å²) in [6.07, 6.45) is 1.74. The fourth-order valence-corrected chi connectivity index (χ4v) is 0.904. The zero-order valence-corrected chi connectivity index (χ0v) is 7.74. The van der Waals surface area contributed by atoms with Crippen molar-refractivity contribution in [2.24, 2.45) is 0 Å². The second-order valence-corrected chi connectivity index (χ2v) is 2.61. The second kappa shape index (κ2) is 4.56. The monoisotopic (exact) mass is 183 g/mol. The number of carbonyl (C=O) groups is 1. The van der Waals surface area contributed by atoms with E-state index in [1.165, 1.54) is 4.68 Å². The molecule has 0 radical (unpaired) electrons. The molecule has 0 bridgehead atoms. The van der Waals surface area contributed by atoms with E-state index in [1.807, 2.05) is 7.05 Å². The van der Waals surface area contributed by atoms with E-state index in [0.717, 1.165) is 5.69 Å². The first-order chi connectivity index (χ1) is 6.26. The first kappa shape index (κ1) is 9.66. The van der Waals surface area contributed by atoms with Crippen LogP contribution in [0.4, 0.5) is 0 Å². The topological polar surface area (TPSA) is 71.8 Å². The summed E-state index contributed by atoms with van der Waals surface area (Å²) < 4.78 is 1.51. The molecule has 0 fully saturated rings. The van der Waals surface area contributed by atoms with Crippen LogP contribution in [0.3, 0.4) is 0 Å². The molecule has 0 saturated heterocycles. The van der Waals surface area contributed by atoms with Crippen molar-refractivity contribution in [2.45, 2.75) is 13.1 Å². The fourth-order valence-electron chi connectivity index (χ4n) is 0.904. The smallest absolute Gasteiger partial charge is 0.241 e. The van der Waals surface area contributed by atoms with E-state index in [-0.39, 0.29) is 12.5 Å². The van der Waals surface area contributed by atoms with Crippen LogP contribution in [0.2, 0.25) is 0 Å². The van der Waals surface area contributed by atoms with Crippen molar-refractivity contribution in [1.29, 1.82) is 0 Å². The van der Waals surface area contributed by atoms with Crippen LogP contribution in [0.5, 0.6) is 0 Å². The van der Waals surface area contributed by atoms with Crippen molar-refractivity contribution in [3.05, 3.63) is 11.9 Å². The molecule has 1 heterocycles. The van der Waals surface area contributed by atoms with Gasteiger partial charge in [-0.2, -0.15) is 0 Å². The number of nitrogens with one attached hydrogen (secondary N) is 2. The van der Waals surface area contributed by atoms with Gasteiger partial charge in [-0.3, -0.25) is 4.79 Å². The predicted molar refractivity (Wildman–Crippen MR) is 46.9 cm³/mol. The van der Waals surface area contributed by atoms with Gasteiger partial charge in [-0.25, -0.2) is 4.68 Å². The highest BCUT2D eigenvalue weighted by Crippen LogP contribution is 1.91. The number of rotatable bonds is 4. The maximum atomic E-state index is 10.9. The maximum absolute atomic E-state index is 10.9. The van der Waals surface area contributed by atoms with Crippen molar-refractivity contribution in [1.82, 2.24) is 25.6 Å². The molecular weight excluding hydrogens is 170 g/mol. The summed E-state index contributed by atoms with van der Waals surface area (Å²) >= 11 is 0. The van der Waals surface area contributed by atoms with Gasteiger partial charge in [0.05, 0.1) is 11.9 Å². The third kappa shape index (κ3) is 2.83. The minimum absolute atomic E-state index is 0.0825. The lowest BCUT2D eigenvalue weighted by Crippen LogP contribution is -2.23. The highest BCUT2D eigenvalue weighted by atomic mass is 16.1. The third-order valence-electron chi connectivity index (χ3n) is 1.53. The summed E-state index contributed by atoms with van der Waals surface area (Å²) in [7, 11) is 3.42. The average molecular weight is 183 g/mol. The Hall–Kier alpha value is -1.43. The molecule has 1 amide bonds. The Bertz CT molecular complexity index is 282. The highest BCUT2D eigenvalue weighted by Gasteiger charge is 2.02. The molecule has 13 heavy (non-hydrogen) atoms. The van der Waals surface area contributed by atoms with Gasteiger partial charge in [0.1, 0.15) is 6.54 Å². The molecule has 0 saturated carbocycles. The zero-order chi connectivity index (χ0) is 9.68. The summed E-state index contributed by atoms with van der Waals surface area (Å²) in [5.41, 5.74) is 0.825. The van der Waals surface area contributed by atoms with Crippen LogP contribution in [0.1, 0.15) is 5.69 Å². The van der Waals surface area contributed by atoms with Crippen LogP contribution in [0, 0.1) is 0 Å². The Morgan fingerprint density at radius 3 is 3.00 bits per heavy atom. The molecule has 0 atom stereocenters. The lowest BCUT2D eigenvalue weighted by atomic mass is 10.5. The number of nitrogens with zero attached hydrogens (tertiary/aromatic N) is 3. The molecule has 72 valence electrons. The molecular formula is C7H13N5O. The predicted octanol–water partition coefficient (Wildman–Crippen LogP) is -1.26. The number of hydrogen-bond acceptors (Lipinski definition) is 4. The van der Waals surface area contributed by atoms with Gasteiger partial charge in [-0.15, -0.1) is 5.10 Å². The van der Waals surface area contributed by atoms with Gasteiger partial charge in [0.2, 0.25) is 5.91 Å². The first-order valence-corrected chi connectivity index (χ1v) is 4.00. The lowest BCUT2D eigenvalue weighted by Gasteiger charge is -1.97. The highest BCUT2D eigenvalue weighted by molar-refractivity contribution is 5.75. The van der Waals surface area contributed by atoms with Crippen LogP contribution >= 0.6 is 0 Å². The molecule has 2 N–H and O–H groups in total. The molecule has 1 aromatic heterocycles. The molecule has 0 aliphatic carbocycles. The van der Waals surface area contributed by atoms with Crippen molar-refractivity contribution in [3.63, 3.8) is 0 Å². The second-order valence-electron chi connectivity index (χ2n) is 2.61. The van der Waals surface area contributed by atoms with Crippen molar-refractivity contribution < 1.29 is 4.79 Å². The van der Waals surface area contributed by atoms with Gasteiger partial charge in [0.15, 0.2) is 0 Å². The van der Waals surface area contributed by atoms with E-state index in [0.29, 0.717) is 6.54 Å². The zero-order valence-electron chi connectivity index (χ0n) is 7.74. The van der Waals surface area contributed by atoms with E-state index in [1.54, 1.807) is 13.2 Å². The van der Waals surface area contributed by atoms with Gasteiger partial charge in [0, 0.05) is 13.6 Å². The molecule has 0 aromatic carbocycles. The van der Waals surface area contributed by atoms with Crippen LogP contribution in [0.25, 0.3) is 0 Å². The minimum Gasteiger partial charge on any atom is -0.358 e. The number of amides is 1. The SMILES string of the molecule is CNCc1cn(CC(=O)NC)nn1. The molecule has 0 spiro atoms. The molecule has 0 aliphatic rings. The third-order valence-corrected chi connectivity index (χ3v) is 1.53. The molecule has 6 heteroatoms. The van der Waals surface area contributed by atoms with Crippen LogP contribution in [-0.2, 0) is 17.9 Å². The van der Waals surface area contributed by atoms with Gasteiger partial charge in [0.25, 0.3) is 0 Å². The number of carbonyl (C=O) groups excluding carboxylic acids is 1. The lowest BCUT2D eigenvalue weighted by molar-refractivity contribution is -0.121. The molecule has 6 nitrogen and oxygen atoms in total. The van der Waals surface area contributed by atoms with Crippen molar-refractivity contribution >= 4 is 5.91 Å². The largest absolute Gasteiger partial charge is 0.358 e. The number of hydrogen-bond donors (Lipinski definition) is 2. The molecule has 0 aliphatic heterocycles. The van der Waals surface area contributed by atoms with Crippen molar-refractivity contribution in [2.75, 3.05) is 14.1 Å². The van der Waals surface area contributed by atoms with Gasteiger partial charge in [-0.1, -0.05) is 5.21 Å². The van der Waals surface area contributed by atoms with Crippen molar-refractivity contribution in [3.8, 4) is 0 Å². The van der Waals surface area contributed by atoms with Gasteiger partial charge >= 0.3 is 0 Å². The summed E-state index contributed by atoms with van der Waals surface area (Å²) in [6.45, 7) is 0.876. The Morgan fingerprint density at radius 1 is 1.62 bits per heavy atom. The van der Waals surface area contributed by atoms with Crippen LogP contribution in [-0.4, -0.2) is 35.0 Å². The van der Waals surface area contributed by atoms with Gasteiger partial charge in [-0.05, 0) is 7.05 Å². The minimum atomic E-state index is -0.0825. The first-order valence-electron chi connectivity index (χ1n) is 4.00. The maximum Gasteiger partial charge on any atom is 0.241 e. The summed E-state index contributed by atoms with van der Waals surface area (Å²) in [5, 5.41) is 13.1. The summed E-state index contributed by atoms with van der Waals surface area (Å²) in [5.74, 6) is -0.0825. The van der Waals surface area contributed by atoms with E-state index in [9.17, 15) is 4.79 Å². The van der Waals surface area contributed by atoms with E-state index in [4.69, 9.17) is 0 Å². The standard InChI is InChI=1S/C7H13N5O/c1-8-3-6-4-12(11-10-6)5-7(13)9-2/h4,8H,3,5H2,1-2H3,(H,9,13).